The molecule has 0 aromatic carbocycles. The highest BCUT2D eigenvalue weighted by atomic mass is 16.5. The van der Waals surface area contributed by atoms with Crippen LogP contribution in [0.5, 0.6) is 0 Å². The molecule has 0 N–H and O–H groups in total. The van der Waals surface area contributed by atoms with E-state index in [1.165, 1.54) is 0 Å². The van der Waals surface area contributed by atoms with Gasteiger partial charge in [-0.2, -0.15) is 0 Å². The summed E-state index contributed by atoms with van der Waals surface area (Å²) in [6.07, 6.45) is 3.87. The van der Waals surface area contributed by atoms with E-state index < -0.39 is 0 Å². The summed E-state index contributed by atoms with van der Waals surface area (Å²) in [5.41, 5.74) is 0. The van der Waals surface area contributed by atoms with E-state index in [1.54, 1.807) is 6.26 Å². The zero-order valence-electron chi connectivity index (χ0n) is 8.19. The van der Waals surface area contributed by atoms with E-state index in [4.69, 9.17) is 4.42 Å². The van der Waals surface area contributed by atoms with Crippen LogP contribution in [0.15, 0.2) is 22.8 Å². The van der Waals surface area contributed by atoms with Gasteiger partial charge in [0.1, 0.15) is 5.76 Å². The fraction of sp³-hybridized carbons (Fsp3) is 0.636. The number of furan rings is 1. The van der Waals surface area contributed by atoms with E-state index in [2.05, 4.69) is 0 Å². The SMILES string of the molecule is [O-][N+]12CCC(CC1)C(c1ccco1)C2. The highest BCUT2D eigenvalue weighted by molar-refractivity contribution is 5.09. The first-order valence-corrected chi connectivity index (χ1v) is 5.37. The Balaban J connectivity index is 1.89. The molecule has 3 aliphatic rings. The van der Waals surface area contributed by atoms with E-state index in [-0.39, 0.29) is 4.65 Å². The molecule has 1 aromatic heterocycles. The molecule has 3 saturated heterocycles. The smallest absolute Gasteiger partial charge is 0.112 e. The topological polar surface area (TPSA) is 36.2 Å². The van der Waals surface area contributed by atoms with Crippen molar-refractivity contribution < 1.29 is 9.06 Å². The lowest BCUT2D eigenvalue weighted by Gasteiger charge is -2.55. The summed E-state index contributed by atoms with van der Waals surface area (Å²) < 4.78 is 5.44. The van der Waals surface area contributed by atoms with Crippen molar-refractivity contribution in [3.05, 3.63) is 29.4 Å². The highest BCUT2D eigenvalue weighted by Gasteiger charge is 2.42. The van der Waals surface area contributed by atoms with Crippen molar-refractivity contribution in [2.45, 2.75) is 18.8 Å². The Morgan fingerprint density at radius 1 is 1.36 bits per heavy atom. The zero-order valence-corrected chi connectivity index (χ0v) is 8.19. The monoisotopic (exact) mass is 193 g/mol. The maximum Gasteiger partial charge on any atom is 0.112 e. The van der Waals surface area contributed by atoms with Crippen LogP contribution in [0.3, 0.4) is 0 Å². The summed E-state index contributed by atoms with van der Waals surface area (Å²) in [6, 6.07) is 3.93. The third-order valence-corrected chi connectivity index (χ3v) is 3.82. The predicted octanol–water partition coefficient (Wildman–Crippen LogP) is 2.10. The average molecular weight is 193 g/mol. The van der Waals surface area contributed by atoms with Crippen LogP contribution in [-0.4, -0.2) is 24.3 Å². The number of hydrogen-bond acceptors (Lipinski definition) is 2. The Bertz CT molecular complexity index is 312. The van der Waals surface area contributed by atoms with Crippen LogP contribution in [0.4, 0.5) is 0 Å². The van der Waals surface area contributed by atoms with Crippen LogP contribution in [0.25, 0.3) is 0 Å². The fourth-order valence-corrected chi connectivity index (χ4v) is 2.98. The average Bonchev–Trinajstić information content (AvgIpc) is 2.70. The molecule has 4 heterocycles. The number of piperidine rings is 3. The molecule has 3 nitrogen and oxygen atoms in total. The van der Waals surface area contributed by atoms with Gasteiger partial charge in [-0.05, 0) is 18.1 Å². The third kappa shape index (κ3) is 1.20. The minimum Gasteiger partial charge on any atom is -0.633 e. The Hall–Kier alpha value is -0.800. The highest BCUT2D eigenvalue weighted by Crippen LogP contribution is 2.42. The van der Waals surface area contributed by atoms with Gasteiger partial charge in [0.2, 0.25) is 0 Å². The van der Waals surface area contributed by atoms with Crippen molar-refractivity contribution in [1.82, 2.24) is 0 Å². The van der Waals surface area contributed by atoms with Gasteiger partial charge in [-0.1, -0.05) is 0 Å². The van der Waals surface area contributed by atoms with Gasteiger partial charge in [-0.3, -0.25) is 0 Å². The van der Waals surface area contributed by atoms with E-state index in [0.717, 1.165) is 38.2 Å². The predicted molar refractivity (Wildman–Crippen MR) is 52.4 cm³/mol. The fourth-order valence-electron chi connectivity index (χ4n) is 2.98. The van der Waals surface area contributed by atoms with E-state index in [0.29, 0.717) is 11.8 Å². The Morgan fingerprint density at radius 2 is 2.14 bits per heavy atom. The number of fused-ring (bicyclic) bond motifs is 3. The molecule has 14 heavy (non-hydrogen) atoms. The van der Waals surface area contributed by atoms with Crippen LogP contribution >= 0.6 is 0 Å². The summed E-state index contributed by atoms with van der Waals surface area (Å²) in [6.45, 7) is 2.38. The molecule has 0 aliphatic carbocycles. The van der Waals surface area contributed by atoms with Gasteiger partial charge in [0.25, 0.3) is 0 Å². The number of hydroxylamine groups is 3. The van der Waals surface area contributed by atoms with Gasteiger partial charge in [-0.25, -0.2) is 0 Å². The summed E-state index contributed by atoms with van der Waals surface area (Å²) in [7, 11) is 0. The van der Waals surface area contributed by atoms with Crippen molar-refractivity contribution in [2.24, 2.45) is 5.92 Å². The molecule has 0 saturated carbocycles. The van der Waals surface area contributed by atoms with Gasteiger partial charge in [-0.15, -0.1) is 0 Å². The van der Waals surface area contributed by atoms with Crippen molar-refractivity contribution in [3.8, 4) is 0 Å². The number of nitrogens with zero attached hydrogens (tertiary/aromatic N) is 1. The largest absolute Gasteiger partial charge is 0.633 e. The first-order valence-electron chi connectivity index (χ1n) is 5.37. The number of quaternary nitrogens is 1. The maximum absolute atomic E-state index is 12.1. The molecule has 3 heteroatoms. The molecule has 0 spiro atoms. The second kappa shape index (κ2) is 2.84. The summed E-state index contributed by atoms with van der Waals surface area (Å²) in [5, 5.41) is 12.1. The van der Waals surface area contributed by atoms with Crippen LogP contribution in [0.1, 0.15) is 24.5 Å². The lowest BCUT2D eigenvalue weighted by atomic mass is 9.77. The van der Waals surface area contributed by atoms with Crippen molar-refractivity contribution >= 4 is 0 Å². The zero-order chi connectivity index (χ0) is 9.60. The van der Waals surface area contributed by atoms with Gasteiger partial charge in [0, 0.05) is 12.8 Å². The van der Waals surface area contributed by atoms with Crippen molar-refractivity contribution in [1.29, 1.82) is 0 Å². The molecule has 2 bridgehead atoms. The summed E-state index contributed by atoms with van der Waals surface area (Å²) in [4.78, 5) is 0. The first-order chi connectivity index (χ1) is 6.77. The second-order valence-corrected chi connectivity index (χ2v) is 4.65. The molecule has 1 aromatic rings. The van der Waals surface area contributed by atoms with E-state index >= 15 is 0 Å². The lowest BCUT2D eigenvalue weighted by Crippen LogP contribution is -2.57. The molecule has 0 radical (unpaired) electrons. The van der Waals surface area contributed by atoms with Crippen molar-refractivity contribution in [2.75, 3.05) is 19.6 Å². The molecule has 0 amide bonds. The van der Waals surface area contributed by atoms with Gasteiger partial charge in [0.05, 0.1) is 31.8 Å². The molecule has 76 valence electrons. The number of hydrogen-bond donors (Lipinski definition) is 0. The van der Waals surface area contributed by atoms with Crippen LogP contribution in [-0.2, 0) is 0 Å². The summed E-state index contributed by atoms with van der Waals surface area (Å²) in [5.74, 6) is 2.09. The molecule has 4 rings (SSSR count). The van der Waals surface area contributed by atoms with Crippen LogP contribution in [0.2, 0.25) is 0 Å². The standard InChI is InChI=1S/C11H15NO2/c13-12-5-3-9(4-6-12)10(8-12)11-2-1-7-14-11/h1-2,7,9-10H,3-6,8H2. The second-order valence-electron chi connectivity index (χ2n) is 4.65. The summed E-state index contributed by atoms with van der Waals surface area (Å²) >= 11 is 0. The van der Waals surface area contributed by atoms with Crippen LogP contribution in [0, 0.1) is 11.1 Å². The Labute approximate surface area is 83.5 Å². The quantitative estimate of drug-likeness (QED) is 0.506. The van der Waals surface area contributed by atoms with E-state index in [9.17, 15) is 5.21 Å². The lowest BCUT2D eigenvalue weighted by molar-refractivity contribution is -0.898. The van der Waals surface area contributed by atoms with E-state index in [1.807, 2.05) is 12.1 Å². The molecule has 1 unspecified atom stereocenters. The first kappa shape index (κ1) is 8.50. The minimum absolute atomic E-state index is 0.0157. The molecule has 3 fully saturated rings. The Kier molecular flexibility index (Phi) is 1.73. The molecular weight excluding hydrogens is 178 g/mol. The Morgan fingerprint density at radius 3 is 2.71 bits per heavy atom. The normalized spacial score (nSPS) is 41.5. The van der Waals surface area contributed by atoms with Gasteiger partial charge < -0.3 is 14.3 Å². The number of rotatable bonds is 1. The van der Waals surface area contributed by atoms with Crippen LogP contribution < -0.4 is 0 Å². The third-order valence-electron chi connectivity index (χ3n) is 3.82. The molecule has 3 aliphatic heterocycles. The minimum atomic E-state index is 0.0157. The van der Waals surface area contributed by atoms with Gasteiger partial charge >= 0.3 is 0 Å². The molecule has 1 atom stereocenters. The van der Waals surface area contributed by atoms with Crippen molar-refractivity contribution in [3.63, 3.8) is 0 Å². The van der Waals surface area contributed by atoms with Gasteiger partial charge in [0.15, 0.2) is 0 Å². The molecular formula is C11H15NO2. The maximum atomic E-state index is 12.1.